The summed E-state index contributed by atoms with van der Waals surface area (Å²) in [4.78, 5) is 17.9. The molecular formula is C20H22N4O3S. The molecule has 3 aromatic rings. The number of nitrogens with one attached hydrogen (secondary N) is 1. The number of carbonyl (C=O) groups excluding carboxylic acids is 1. The van der Waals surface area contributed by atoms with Crippen molar-refractivity contribution in [2.24, 2.45) is 0 Å². The number of aromatic nitrogens is 2. The van der Waals surface area contributed by atoms with E-state index in [1.165, 1.54) is 0 Å². The second-order valence-corrected chi connectivity index (χ2v) is 7.88. The molecule has 0 bridgehead atoms. The van der Waals surface area contributed by atoms with Crippen LogP contribution >= 0.6 is 11.3 Å². The van der Waals surface area contributed by atoms with E-state index in [-0.39, 0.29) is 12.7 Å². The zero-order chi connectivity index (χ0) is 19.7. The maximum Gasteiger partial charge on any atom is 0.244 e. The number of hydrogen-bond donors (Lipinski definition) is 1. The molecule has 7 nitrogen and oxygen atoms in total. The lowest BCUT2D eigenvalue weighted by Gasteiger charge is -2.28. The maximum absolute atomic E-state index is 13.2. The van der Waals surface area contributed by atoms with E-state index in [2.05, 4.69) is 10.2 Å². The highest BCUT2D eigenvalue weighted by Crippen LogP contribution is 2.35. The summed E-state index contributed by atoms with van der Waals surface area (Å²) in [6.45, 7) is 0.664. The van der Waals surface area contributed by atoms with Crippen LogP contribution in [-0.2, 0) is 11.3 Å². The van der Waals surface area contributed by atoms with E-state index in [1.54, 1.807) is 23.3 Å². The number of aromatic amines is 1. The monoisotopic (exact) mass is 398 g/mol. The molecule has 0 fully saturated rings. The highest BCUT2D eigenvalue weighted by molar-refractivity contribution is 7.13. The minimum atomic E-state index is -0.417. The van der Waals surface area contributed by atoms with Crippen molar-refractivity contribution in [3.63, 3.8) is 0 Å². The third-order valence-corrected chi connectivity index (χ3v) is 5.54. The van der Waals surface area contributed by atoms with Gasteiger partial charge in [0.25, 0.3) is 0 Å². The van der Waals surface area contributed by atoms with Crippen LogP contribution in [-0.4, -0.2) is 53.8 Å². The minimum absolute atomic E-state index is 0.00358. The lowest BCUT2D eigenvalue weighted by molar-refractivity contribution is -0.135. The number of benzene rings is 1. The Labute approximate surface area is 167 Å². The van der Waals surface area contributed by atoms with Crippen molar-refractivity contribution in [3.05, 3.63) is 53.0 Å². The third kappa shape index (κ3) is 3.61. The summed E-state index contributed by atoms with van der Waals surface area (Å²) >= 11 is 1.64. The van der Waals surface area contributed by atoms with Gasteiger partial charge in [0, 0.05) is 7.05 Å². The maximum atomic E-state index is 13.2. The summed E-state index contributed by atoms with van der Waals surface area (Å²) in [6.07, 6.45) is 0. The quantitative estimate of drug-likeness (QED) is 0.691. The molecule has 8 heteroatoms. The predicted molar refractivity (Wildman–Crippen MR) is 107 cm³/mol. The van der Waals surface area contributed by atoms with Crippen LogP contribution in [0.2, 0.25) is 0 Å². The lowest BCUT2D eigenvalue weighted by atomic mass is 10.0. The fraction of sp³-hybridized carbons (Fsp3) is 0.300. The number of thiophene rings is 1. The summed E-state index contributed by atoms with van der Waals surface area (Å²) in [5.74, 6) is 1.38. The molecule has 0 saturated carbocycles. The topological polar surface area (TPSA) is 70.7 Å². The number of ether oxygens (including phenoxy) is 2. The number of nitrogens with zero attached hydrogens (tertiary/aromatic N) is 3. The van der Waals surface area contributed by atoms with E-state index in [0.29, 0.717) is 18.0 Å². The molecule has 1 aliphatic rings. The highest BCUT2D eigenvalue weighted by Gasteiger charge is 2.28. The highest BCUT2D eigenvalue weighted by atomic mass is 32.1. The Balaban J connectivity index is 1.51. The molecule has 0 spiro atoms. The molecule has 1 aromatic carbocycles. The Morgan fingerprint density at radius 3 is 2.79 bits per heavy atom. The van der Waals surface area contributed by atoms with E-state index >= 15 is 0 Å². The van der Waals surface area contributed by atoms with E-state index in [0.717, 1.165) is 21.8 Å². The molecule has 3 heterocycles. The van der Waals surface area contributed by atoms with Gasteiger partial charge in [-0.25, -0.2) is 0 Å². The first kappa shape index (κ1) is 18.5. The molecule has 0 unspecified atom stereocenters. The Hall–Kier alpha value is -2.84. The Morgan fingerprint density at radius 2 is 2.04 bits per heavy atom. The SMILES string of the molecule is CN(Cc1cc(-c2cccs2)n[nH]1)C(=O)[C@H](c1ccc2c(c1)OCO2)N(C)C. The van der Waals surface area contributed by atoms with Crippen LogP contribution in [0.5, 0.6) is 11.5 Å². The van der Waals surface area contributed by atoms with Gasteiger partial charge < -0.3 is 14.4 Å². The van der Waals surface area contributed by atoms with Gasteiger partial charge in [-0.05, 0) is 49.3 Å². The molecule has 1 N–H and O–H groups in total. The molecule has 146 valence electrons. The van der Waals surface area contributed by atoms with Gasteiger partial charge in [0.05, 0.1) is 17.1 Å². The molecule has 2 aromatic heterocycles. The van der Waals surface area contributed by atoms with E-state index in [9.17, 15) is 4.79 Å². The largest absolute Gasteiger partial charge is 0.454 e. The number of amides is 1. The standard InChI is InChI=1S/C20H22N4O3S/c1-23(2)19(13-6-7-16-17(9-13)27-12-26-16)20(25)24(3)11-14-10-15(22-21-14)18-5-4-8-28-18/h4-10,19H,11-12H2,1-3H3,(H,21,22)/t19-/m0/s1. The fourth-order valence-corrected chi connectivity index (χ4v) is 3.97. The first-order valence-electron chi connectivity index (χ1n) is 8.92. The Morgan fingerprint density at radius 1 is 1.21 bits per heavy atom. The molecular weight excluding hydrogens is 376 g/mol. The summed E-state index contributed by atoms with van der Waals surface area (Å²) in [7, 11) is 5.59. The molecule has 1 amide bonds. The number of H-pyrrole nitrogens is 1. The average molecular weight is 398 g/mol. The van der Waals surface area contributed by atoms with Gasteiger partial charge in [-0.2, -0.15) is 5.10 Å². The molecule has 0 radical (unpaired) electrons. The van der Waals surface area contributed by atoms with E-state index in [4.69, 9.17) is 9.47 Å². The van der Waals surface area contributed by atoms with Crippen molar-refractivity contribution >= 4 is 17.2 Å². The summed E-state index contributed by atoms with van der Waals surface area (Å²) in [5.41, 5.74) is 2.66. The van der Waals surface area contributed by atoms with Crippen LogP contribution in [0, 0.1) is 0 Å². The summed E-state index contributed by atoms with van der Waals surface area (Å²) < 4.78 is 10.8. The molecule has 0 aliphatic carbocycles. The van der Waals surface area contributed by atoms with Crippen LogP contribution in [0.25, 0.3) is 10.6 Å². The summed E-state index contributed by atoms with van der Waals surface area (Å²) in [6, 6.07) is 11.2. The van der Waals surface area contributed by atoms with Gasteiger partial charge >= 0.3 is 0 Å². The number of rotatable bonds is 6. The molecule has 1 aliphatic heterocycles. The number of carbonyl (C=O) groups is 1. The van der Waals surface area contributed by atoms with Crippen LogP contribution in [0.4, 0.5) is 0 Å². The van der Waals surface area contributed by atoms with Gasteiger partial charge in [-0.1, -0.05) is 12.1 Å². The number of hydrogen-bond acceptors (Lipinski definition) is 6. The molecule has 28 heavy (non-hydrogen) atoms. The Bertz CT molecular complexity index is 968. The zero-order valence-corrected chi connectivity index (χ0v) is 16.8. The number of likely N-dealkylation sites (N-methyl/N-ethyl adjacent to an activating group) is 2. The Kier molecular flexibility index (Phi) is 5.06. The third-order valence-electron chi connectivity index (χ3n) is 4.65. The van der Waals surface area contributed by atoms with E-state index in [1.807, 2.05) is 60.8 Å². The van der Waals surface area contributed by atoms with Gasteiger partial charge in [0.15, 0.2) is 11.5 Å². The van der Waals surface area contributed by atoms with Crippen molar-refractivity contribution in [1.82, 2.24) is 20.0 Å². The van der Waals surface area contributed by atoms with Gasteiger partial charge in [0.1, 0.15) is 11.7 Å². The predicted octanol–water partition coefficient (Wildman–Crippen LogP) is 3.13. The molecule has 0 saturated heterocycles. The van der Waals surface area contributed by atoms with Crippen LogP contribution in [0.15, 0.2) is 41.8 Å². The second-order valence-electron chi connectivity index (χ2n) is 6.93. The van der Waals surface area contributed by atoms with Gasteiger partial charge in [-0.3, -0.25) is 14.8 Å². The van der Waals surface area contributed by atoms with Crippen molar-refractivity contribution in [3.8, 4) is 22.1 Å². The van der Waals surface area contributed by atoms with Crippen LogP contribution < -0.4 is 9.47 Å². The number of fused-ring (bicyclic) bond motifs is 1. The van der Waals surface area contributed by atoms with Crippen molar-refractivity contribution < 1.29 is 14.3 Å². The summed E-state index contributed by atoms with van der Waals surface area (Å²) in [5, 5.41) is 9.41. The smallest absolute Gasteiger partial charge is 0.244 e. The average Bonchev–Trinajstić information content (AvgIpc) is 3.42. The molecule has 1 atom stereocenters. The van der Waals surface area contributed by atoms with Crippen LogP contribution in [0.3, 0.4) is 0 Å². The van der Waals surface area contributed by atoms with Crippen molar-refractivity contribution in [1.29, 1.82) is 0 Å². The minimum Gasteiger partial charge on any atom is -0.454 e. The first-order chi connectivity index (χ1) is 13.5. The fourth-order valence-electron chi connectivity index (χ4n) is 3.28. The lowest BCUT2D eigenvalue weighted by Crippen LogP contribution is -2.38. The van der Waals surface area contributed by atoms with Gasteiger partial charge in [-0.15, -0.1) is 11.3 Å². The second kappa shape index (κ2) is 7.65. The van der Waals surface area contributed by atoms with Crippen molar-refractivity contribution in [2.45, 2.75) is 12.6 Å². The first-order valence-corrected chi connectivity index (χ1v) is 9.80. The molecule has 4 rings (SSSR count). The van der Waals surface area contributed by atoms with Gasteiger partial charge in [0.2, 0.25) is 12.7 Å². The van der Waals surface area contributed by atoms with E-state index < -0.39 is 6.04 Å². The zero-order valence-electron chi connectivity index (χ0n) is 16.0. The normalized spacial score (nSPS) is 13.7. The van der Waals surface area contributed by atoms with Crippen LogP contribution in [0.1, 0.15) is 17.3 Å². The van der Waals surface area contributed by atoms with Crippen molar-refractivity contribution in [2.75, 3.05) is 27.9 Å².